The fraction of sp³-hybridized carbons (Fsp3) is 0.250. The Morgan fingerprint density at radius 1 is 0.800 bits per heavy atom. The smallest absolute Gasteiger partial charge is 0.510 e. The standard InChI is InChI=1S/C24H26N4O.Pt/c1-24(2,3)19-13-21(28-12-10-26(5)18-28)16-23(14-19)29-22-8-6-7-20(15-22)27-11-9-25(4)17-27;/h6-14,17-18H,1-5H3;/q-4;+4. The van der Waals surface area contributed by atoms with Gasteiger partial charge >= 0.3 is 21.1 Å². The Morgan fingerprint density at radius 3 is 1.97 bits per heavy atom. The number of hydrogen-bond donors (Lipinski definition) is 0. The first-order valence-corrected chi connectivity index (χ1v) is 9.63. The van der Waals surface area contributed by atoms with Crippen LogP contribution in [0.1, 0.15) is 26.3 Å². The van der Waals surface area contributed by atoms with Gasteiger partial charge in [0.1, 0.15) is 0 Å². The van der Waals surface area contributed by atoms with Gasteiger partial charge in [0, 0.05) is 11.5 Å². The van der Waals surface area contributed by atoms with Crippen molar-refractivity contribution in [3.05, 3.63) is 86.2 Å². The molecule has 2 heterocycles. The second-order valence-electron chi connectivity index (χ2n) is 8.34. The molecule has 4 rings (SSSR count). The molecule has 2 aromatic rings. The molecule has 0 amide bonds. The molecule has 0 N–H and O–H groups in total. The van der Waals surface area contributed by atoms with Crippen LogP contribution in [0.2, 0.25) is 0 Å². The Labute approximate surface area is 194 Å². The molecule has 2 aliphatic rings. The summed E-state index contributed by atoms with van der Waals surface area (Å²) in [7, 11) is 4.00. The van der Waals surface area contributed by atoms with Gasteiger partial charge < -0.3 is 24.3 Å². The number of benzene rings is 2. The van der Waals surface area contributed by atoms with E-state index >= 15 is 0 Å². The van der Waals surface area contributed by atoms with Gasteiger partial charge in [-0.25, -0.2) is 0 Å². The van der Waals surface area contributed by atoms with Crippen LogP contribution >= 0.6 is 0 Å². The van der Waals surface area contributed by atoms with Crippen molar-refractivity contribution in [2.45, 2.75) is 26.2 Å². The van der Waals surface area contributed by atoms with E-state index in [1.165, 1.54) is 5.56 Å². The zero-order valence-electron chi connectivity index (χ0n) is 17.9. The normalized spacial score (nSPS) is 15.8. The van der Waals surface area contributed by atoms with Gasteiger partial charge in [0.25, 0.3) is 0 Å². The second-order valence-corrected chi connectivity index (χ2v) is 8.34. The summed E-state index contributed by atoms with van der Waals surface area (Å²) in [5, 5.41) is 0. The SMILES string of the molecule is CN1C=CN(c2[c-]c(Oc3[c-]c(N4C=CN(C)[CH-]4)cc(C(C)(C)C)c3)ccc2)[CH-]1.[Pt+4]. The third kappa shape index (κ3) is 5.01. The maximum Gasteiger partial charge on any atom is 4.00 e. The van der Waals surface area contributed by atoms with Crippen molar-refractivity contribution in [3.63, 3.8) is 0 Å². The molecule has 30 heavy (non-hydrogen) atoms. The first kappa shape index (κ1) is 22.3. The van der Waals surface area contributed by atoms with Crippen molar-refractivity contribution < 1.29 is 25.8 Å². The van der Waals surface area contributed by atoms with Crippen molar-refractivity contribution in [1.29, 1.82) is 0 Å². The van der Waals surface area contributed by atoms with E-state index in [1.54, 1.807) is 0 Å². The molecule has 0 saturated heterocycles. The van der Waals surface area contributed by atoms with Crippen LogP contribution in [0.25, 0.3) is 0 Å². The van der Waals surface area contributed by atoms with Crippen molar-refractivity contribution >= 4 is 11.4 Å². The van der Waals surface area contributed by atoms with Gasteiger partial charge in [-0.3, -0.25) is 0 Å². The maximum atomic E-state index is 6.20. The largest absolute Gasteiger partial charge is 4.00 e. The molecule has 158 valence electrons. The Bertz CT molecular complexity index is 950. The van der Waals surface area contributed by atoms with Gasteiger partial charge in [0.15, 0.2) is 0 Å². The quantitative estimate of drug-likeness (QED) is 0.470. The minimum Gasteiger partial charge on any atom is -0.510 e. The Morgan fingerprint density at radius 2 is 1.40 bits per heavy atom. The third-order valence-corrected chi connectivity index (χ3v) is 4.76. The molecular weight excluding hydrogens is 555 g/mol. The molecule has 0 fully saturated rings. The molecule has 5 nitrogen and oxygen atoms in total. The average molecular weight is 582 g/mol. The predicted molar refractivity (Wildman–Crippen MR) is 117 cm³/mol. The summed E-state index contributed by atoms with van der Waals surface area (Å²) in [6, 6.07) is 16.9. The zero-order valence-corrected chi connectivity index (χ0v) is 20.1. The van der Waals surface area contributed by atoms with Crippen LogP contribution < -0.4 is 14.5 Å². The van der Waals surface area contributed by atoms with E-state index in [1.807, 2.05) is 90.0 Å². The van der Waals surface area contributed by atoms with E-state index in [9.17, 15) is 0 Å². The molecule has 6 heteroatoms. The van der Waals surface area contributed by atoms with E-state index in [0.717, 1.165) is 11.4 Å². The molecule has 0 spiro atoms. The Hall–Kier alpha value is -2.39. The number of nitrogens with zero attached hydrogens (tertiary/aromatic N) is 4. The first-order valence-electron chi connectivity index (χ1n) is 9.63. The Balaban J connectivity index is 0.00000256. The first-order chi connectivity index (χ1) is 13.8. The number of ether oxygens (including phenoxy) is 1. The van der Waals surface area contributed by atoms with Crippen molar-refractivity contribution in [1.82, 2.24) is 9.80 Å². The van der Waals surface area contributed by atoms with E-state index < -0.39 is 0 Å². The van der Waals surface area contributed by atoms with Gasteiger partial charge in [-0.15, -0.1) is 53.3 Å². The summed E-state index contributed by atoms with van der Waals surface area (Å²) >= 11 is 0. The zero-order chi connectivity index (χ0) is 20.6. The molecular formula is C24H26N4OPt. The van der Waals surface area contributed by atoms with E-state index in [2.05, 4.69) is 45.0 Å². The fourth-order valence-corrected chi connectivity index (χ4v) is 3.11. The summed E-state index contributed by atoms with van der Waals surface area (Å²) in [5.74, 6) is 1.33. The van der Waals surface area contributed by atoms with Crippen LogP contribution in [0, 0.1) is 25.5 Å². The molecule has 0 aliphatic carbocycles. The van der Waals surface area contributed by atoms with Crippen molar-refractivity contribution in [2.24, 2.45) is 0 Å². The van der Waals surface area contributed by atoms with Crippen LogP contribution in [0.15, 0.2) is 55.1 Å². The predicted octanol–water partition coefficient (Wildman–Crippen LogP) is 5.06. The van der Waals surface area contributed by atoms with Crippen molar-refractivity contribution in [2.75, 3.05) is 23.9 Å². The summed E-state index contributed by atoms with van der Waals surface area (Å²) in [4.78, 5) is 8.05. The van der Waals surface area contributed by atoms with Crippen LogP contribution in [0.3, 0.4) is 0 Å². The fourth-order valence-electron chi connectivity index (χ4n) is 3.11. The molecule has 0 unspecified atom stereocenters. The van der Waals surface area contributed by atoms with E-state index in [-0.39, 0.29) is 26.5 Å². The molecule has 0 saturated carbocycles. The topological polar surface area (TPSA) is 22.2 Å². The number of rotatable bonds is 4. The van der Waals surface area contributed by atoms with Crippen LogP contribution in [-0.4, -0.2) is 23.9 Å². The molecule has 0 bridgehead atoms. The molecule has 0 radical (unpaired) electrons. The van der Waals surface area contributed by atoms with Gasteiger partial charge in [-0.1, -0.05) is 20.8 Å². The van der Waals surface area contributed by atoms with Gasteiger partial charge in [-0.2, -0.15) is 19.4 Å². The second kappa shape index (κ2) is 8.77. The summed E-state index contributed by atoms with van der Waals surface area (Å²) in [6.07, 6.45) is 8.00. The van der Waals surface area contributed by atoms with Gasteiger partial charge in [0.05, 0.1) is 0 Å². The van der Waals surface area contributed by atoms with Crippen LogP contribution in [0.5, 0.6) is 11.5 Å². The van der Waals surface area contributed by atoms with Crippen molar-refractivity contribution in [3.8, 4) is 11.5 Å². The van der Waals surface area contributed by atoms with E-state index in [0.29, 0.717) is 11.5 Å². The monoisotopic (exact) mass is 581 g/mol. The van der Waals surface area contributed by atoms with Gasteiger partial charge in [-0.05, 0) is 44.3 Å². The maximum absolute atomic E-state index is 6.20. The molecule has 0 aromatic heterocycles. The number of anilines is 2. The molecule has 2 aromatic carbocycles. The van der Waals surface area contributed by atoms with Crippen LogP contribution in [-0.2, 0) is 26.5 Å². The molecule has 2 aliphatic heterocycles. The minimum atomic E-state index is -0.0112. The summed E-state index contributed by atoms with van der Waals surface area (Å²) < 4.78 is 6.20. The summed E-state index contributed by atoms with van der Waals surface area (Å²) in [5.41, 5.74) is 3.04. The van der Waals surface area contributed by atoms with Crippen LogP contribution in [0.4, 0.5) is 11.4 Å². The number of hydrogen-bond acceptors (Lipinski definition) is 5. The Kier molecular flexibility index (Phi) is 6.52. The minimum absolute atomic E-state index is 0. The van der Waals surface area contributed by atoms with Gasteiger partial charge in [0.2, 0.25) is 0 Å². The summed E-state index contributed by atoms with van der Waals surface area (Å²) in [6.45, 7) is 10.6. The van der Waals surface area contributed by atoms with E-state index in [4.69, 9.17) is 4.74 Å². The third-order valence-electron chi connectivity index (χ3n) is 4.76. The average Bonchev–Trinajstić information content (AvgIpc) is 3.29. The molecule has 0 atom stereocenters.